The number of carbonyl (C=O) groups excluding carboxylic acids is 2. The number of carbonyl (C=O) groups is 2. The fraction of sp³-hybridized carbons (Fsp3) is 0.846. The van der Waals surface area contributed by atoms with E-state index in [9.17, 15) is 9.59 Å². The van der Waals surface area contributed by atoms with E-state index in [1.165, 1.54) is 0 Å². The lowest BCUT2D eigenvalue weighted by Crippen LogP contribution is -2.50. The minimum absolute atomic E-state index is 0.0781. The Morgan fingerprint density at radius 2 is 2.22 bits per heavy atom. The van der Waals surface area contributed by atoms with Gasteiger partial charge in [0.2, 0.25) is 11.8 Å². The van der Waals surface area contributed by atoms with E-state index >= 15 is 0 Å². The van der Waals surface area contributed by atoms with Gasteiger partial charge in [0, 0.05) is 31.8 Å². The predicted molar refractivity (Wildman–Crippen MR) is 75.6 cm³/mol. The number of amides is 2. The molecule has 1 saturated heterocycles. The Bertz CT molecular complexity index is 309. The number of likely N-dealkylation sites (tertiary alicyclic amines) is 1. The van der Waals surface area contributed by atoms with Crippen molar-refractivity contribution in [2.75, 3.05) is 25.6 Å². The summed E-state index contributed by atoms with van der Waals surface area (Å²) in [5, 5.41) is 0. The Morgan fingerprint density at radius 1 is 1.56 bits per heavy atom. The standard InChI is InChI=1S/C13H24N2O2S/c1-5-11(15-8-6-7-12(15)16)13(17)14(3)10(2)9-18-4/h10-11H,5-9H2,1-4H3. The SMILES string of the molecule is CCC(C(=O)N(C)C(C)CSC)N1CCCC1=O. The average molecular weight is 272 g/mol. The van der Waals surface area contributed by atoms with E-state index in [2.05, 4.69) is 0 Å². The van der Waals surface area contributed by atoms with Crippen LogP contribution in [0.1, 0.15) is 33.1 Å². The van der Waals surface area contributed by atoms with Crippen molar-refractivity contribution < 1.29 is 9.59 Å². The van der Waals surface area contributed by atoms with Crippen LogP contribution in [0.4, 0.5) is 0 Å². The maximum atomic E-state index is 12.4. The van der Waals surface area contributed by atoms with E-state index in [0.717, 1.165) is 18.7 Å². The molecule has 2 unspecified atom stereocenters. The minimum Gasteiger partial charge on any atom is -0.340 e. The van der Waals surface area contributed by atoms with Crippen molar-refractivity contribution in [2.24, 2.45) is 0 Å². The molecule has 0 saturated carbocycles. The van der Waals surface area contributed by atoms with Crippen LogP contribution in [0.5, 0.6) is 0 Å². The van der Waals surface area contributed by atoms with Gasteiger partial charge in [0.1, 0.15) is 6.04 Å². The van der Waals surface area contributed by atoms with Crippen molar-refractivity contribution in [3.8, 4) is 0 Å². The van der Waals surface area contributed by atoms with Crippen LogP contribution in [0.25, 0.3) is 0 Å². The molecular weight excluding hydrogens is 248 g/mol. The van der Waals surface area contributed by atoms with Gasteiger partial charge >= 0.3 is 0 Å². The number of hydrogen-bond donors (Lipinski definition) is 0. The van der Waals surface area contributed by atoms with Gasteiger partial charge in [0.05, 0.1) is 0 Å². The van der Waals surface area contributed by atoms with E-state index in [1.54, 1.807) is 21.6 Å². The zero-order valence-electron chi connectivity index (χ0n) is 11.8. The molecule has 2 atom stereocenters. The molecule has 4 nitrogen and oxygen atoms in total. The van der Waals surface area contributed by atoms with Gasteiger partial charge < -0.3 is 9.80 Å². The summed E-state index contributed by atoms with van der Waals surface area (Å²) in [6.07, 6.45) is 4.21. The third-order valence-corrected chi connectivity index (χ3v) is 4.39. The molecule has 1 rings (SSSR count). The van der Waals surface area contributed by atoms with Crippen LogP contribution in [0.15, 0.2) is 0 Å². The van der Waals surface area contributed by atoms with Crippen LogP contribution in [0, 0.1) is 0 Å². The third-order valence-electron chi connectivity index (χ3n) is 3.57. The first-order valence-corrected chi connectivity index (χ1v) is 7.97. The summed E-state index contributed by atoms with van der Waals surface area (Å²) in [7, 11) is 1.84. The summed E-state index contributed by atoms with van der Waals surface area (Å²) in [4.78, 5) is 27.7. The lowest BCUT2D eigenvalue weighted by atomic mass is 10.1. The van der Waals surface area contributed by atoms with Crippen LogP contribution in [0.3, 0.4) is 0 Å². The number of rotatable bonds is 6. The maximum absolute atomic E-state index is 12.4. The fourth-order valence-corrected chi connectivity index (χ4v) is 3.04. The molecule has 0 aromatic rings. The number of hydrogen-bond acceptors (Lipinski definition) is 3. The second-order valence-electron chi connectivity index (χ2n) is 4.87. The lowest BCUT2D eigenvalue weighted by molar-refractivity contribution is -0.143. The molecule has 1 heterocycles. The van der Waals surface area contributed by atoms with Crippen molar-refractivity contribution in [1.82, 2.24) is 9.80 Å². The minimum atomic E-state index is -0.269. The monoisotopic (exact) mass is 272 g/mol. The third kappa shape index (κ3) is 3.40. The molecule has 1 aliphatic rings. The van der Waals surface area contributed by atoms with Crippen LogP contribution >= 0.6 is 11.8 Å². The molecule has 0 radical (unpaired) electrons. The molecule has 0 aliphatic carbocycles. The lowest BCUT2D eigenvalue weighted by Gasteiger charge is -2.32. The van der Waals surface area contributed by atoms with Gasteiger partial charge in [-0.15, -0.1) is 0 Å². The first kappa shape index (κ1) is 15.3. The highest BCUT2D eigenvalue weighted by molar-refractivity contribution is 7.98. The molecule has 18 heavy (non-hydrogen) atoms. The molecular formula is C13H24N2O2S. The predicted octanol–water partition coefficient (Wildman–Crippen LogP) is 1.60. The maximum Gasteiger partial charge on any atom is 0.245 e. The van der Waals surface area contributed by atoms with Crippen molar-refractivity contribution in [2.45, 2.75) is 45.2 Å². The van der Waals surface area contributed by atoms with Crippen molar-refractivity contribution in [3.05, 3.63) is 0 Å². The Labute approximate surface area is 114 Å². The highest BCUT2D eigenvalue weighted by atomic mass is 32.2. The van der Waals surface area contributed by atoms with Gasteiger partial charge in [0.15, 0.2) is 0 Å². The van der Waals surface area contributed by atoms with Gasteiger partial charge in [0.25, 0.3) is 0 Å². The second kappa shape index (κ2) is 7.02. The number of nitrogens with zero attached hydrogens (tertiary/aromatic N) is 2. The summed E-state index contributed by atoms with van der Waals surface area (Å²) < 4.78 is 0. The van der Waals surface area contributed by atoms with Crippen LogP contribution in [0.2, 0.25) is 0 Å². The molecule has 2 amide bonds. The zero-order chi connectivity index (χ0) is 13.7. The molecule has 1 fully saturated rings. The summed E-state index contributed by atoms with van der Waals surface area (Å²) in [5.41, 5.74) is 0. The Morgan fingerprint density at radius 3 is 2.67 bits per heavy atom. The summed E-state index contributed by atoms with van der Waals surface area (Å²) in [6.45, 7) is 4.75. The molecule has 104 valence electrons. The normalized spacial score (nSPS) is 18.9. The quantitative estimate of drug-likeness (QED) is 0.737. The van der Waals surface area contributed by atoms with Gasteiger partial charge in [-0.3, -0.25) is 9.59 Å². The topological polar surface area (TPSA) is 40.6 Å². The van der Waals surface area contributed by atoms with E-state index in [-0.39, 0.29) is 23.9 Å². The van der Waals surface area contributed by atoms with Gasteiger partial charge in [-0.2, -0.15) is 11.8 Å². The number of likely N-dealkylation sites (N-methyl/N-ethyl adjacent to an activating group) is 1. The largest absolute Gasteiger partial charge is 0.340 e. The highest BCUT2D eigenvalue weighted by Gasteiger charge is 2.33. The van der Waals surface area contributed by atoms with Crippen molar-refractivity contribution in [3.63, 3.8) is 0 Å². The average Bonchev–Trinajstić information content (AvgIpc) is 2.76. The molecule has 0 aromatic carbocycles. The van der Waals surface area contributed by atoms with Crippen LogP contribution in [-0.4, -0.2) is 59.3 Å². The first-order valence-electron chi connectivity index (χ1n) is 6.58. The van der Waals surface area contributed by atoms with E-state index in [1.807, 2.05) is 27.2 Å². The molecule has 0 aromatic heterocycles. The first-order chi connectivity index (χ1) is 8.52. The molecule has 0 N–H and O–H groups in total. The Hall–Kier alpha value is -0.710. The van der Waals surface area contributed by atoms with Crippen molar-refractivity contribution in [1.29, 1.82) is 0 Å². The molecule has 0 bridgehead atoms. The Balaban J connectivity index is 2.69. The van der Waals surface area contributed by atoms with Crippen LogP contribution < -0.4 is 0 Å². The zero-order valence-corrected chi connectivity index (χ0v) is 12.6. The Kier molecular flexibility index (Phi) is 5.99. The van der Waals surface area contributed by atoms with E-state index < -0.39 is 0 Å². The summed E-state index contributed by atoms with van der Waals surface area (Å²) in [6, 6.07) is -0.0615. The van der Waals surface area contributed by atoms with Gasteiger partial charge in [-0.1, -0.05) is 6.92 Å². The van der Waals surface area contributed by atoms with Crippen LogP contribution in [-0.2, 0) is 9.59 Å². The summed E-state index contributed by atoms with van der Waals surface area (Å²) >= 11 is 1.73. The highest BCUT2D eigenvalue weighted by Crippen LogP contribution is 2.18. The number of thioether (sulfide) groups is 1. The smallest absolute Gasteiger partial charge is 0.245 e. The molecule has 1 aliphatic heterocycles. The molecule has 5 heteroatoms. The second-order valence-corrected chi connectivity index (χ2v) is 5.78. The van der Waals surface area contributed by atoms with Crippen molar-refractivity contribution >= 4 is 23.6 Å². The van der Waals surface area contributed by atoms with Gasteiger partial charge in [-0.25, -0.2) is 0 Å². The summed E-state index contributed by atoms with van der Waals surface area (Å²) in [5.74, 6) is 1.13. The van der Waals surface area contributed by atoms with E-state index in [0.29, 0.717) is 12.8 Å². The van der Waals surface area contributed by atoms with Gasteiger partial charge in [-0.05, 0) is 26.0 Å². The fourth-order valence-electron chi connectivity index (χ4n) is 2.33. The van der Waals surface area contributed by atoms with E-state index in [4.69, 9.17) is 0 Å². The molecule has 0 spiro atoms.